The molecule has 0 atom stereocenters. The van der Waals surface area contributed by atoms with Gasteiger partial charge in [-0.2, -0.15) is 4.98 Å². The molecule has 19 heavy (non-hydrogen) atoms. The average Bonchev–Trinajstić information content (AvgIpc) is 2.58. The van der Waals surface area contributed by atoms with E-state index in [4.69, 9.17) is 4.42 Å². The number of rotatable bonds is 3. The fourth-order valence-corrected chi connectivity index (χ4v) is 2.96. The molecule has 1 aromatic rings. The molecule has 0 spiro atoms. The molecule has 0 radical (unpaired) electrons. The summed E-state index contributed by atoms with van der Waals surface area (Å²) in [5, 5.41) is -0.367. The van der Waals surface area contributed by atoms with Crippen molar-refractivity contribution < 1.29 is 17.6 Å². The lowest BCUT2D eigenvalue weighted by molar-refractivity contribution is 0.0645. The molecule has 0 saturated carbocycles. The second-order valence-corrected chi connectivity index (χ2v) is 7.34. The number of nitrogens with zero attached hydrogens (tertiary/aromatic N) is 3. The van der Waals surface area contributed by atoms with Crippen molar-refractivity contribution in [3.8, 4) is 0 Å². The highest BCUT2D eigenvalue weighted by Crippen LogP contribution is 2.24. The molecule has 0 unspecified atom stereocenters. The molecule has 2 saturated heterocycles. The molecule has 104 valence electrons. The SMILES string of the molecule is CS(=O)(=O)C1CN(c2nc(C(=O)N3CCC3)co2)C1. The minimum absolute atomic E-state index is 0.124. The molecule has 0 bridgehead atoms. The number of anilines is 1. The highest BCUT2D eigenvalue weighted by Gasteiger charge is 2.37. The van der Waals surface area contributed by atoms with Crippen molar-refractivity contribution in [2.45, 2.75) is 11.7 Å². The summed E-state index contributed by atoms with van der Waals surface area (Å²) < 4.78 is 27.8. The molecule has 0 N–H and O–H groups in total. The van der Waals surface area contributed by atoms with Gasteiger partial charge in [0.25, 0.3) is 11.9 Å². The van der Waals surface area contributed by atoms with Crippen molar-refractivity contribution in [3.05, 3.63) is 12.0 Å². The van der Waals surface area contributed by atoms with Crippen LogP contribution in [0, 0.1) is 0 Å². The number of aromatic nitrogens is 1. The second-order valence-electron chi connectivity index (χ2n) is 5.02. The van der Waals surface area contributed by atoms with Crippen LogP contribution in [0.15, 0.2) is 10.7 Å². The van der Waals surface area contributed by atoms with E-state index in [-0.39, 0.29) is 16.9 Å². The number of hydrogen-bond acceptors (Lipinski definition) is 6. The molecule has 8 heteroatoms. The molecule has 2 aliphatic heterocycles. The fraction of sp³-hybridized carbons (Fsp3) is 0.636. The molecule has 3 heterocycles. The summed E-state index contributed by atoms with van der Waals surface area (Å²) in [7, 11) is -3.01. The molecule has 7 nitrogen and oxygen atoms in total. The van der Waals surface area contributed by atoms with E-state index >= 15 is 0 Å². The molecule has 1 amide bonds. The largest absolute Gasteiger partial charge is 0.431 e. The van der Waals surface area contributed by atoms with Crippen LogP contribution in [0.4, 0.5) is 6.01 Å². The standard InChI is InChI=1S/C11H15N3O4S/c1-19(16,17)8-5-14(6-8)11-12-9(7-18-11)10(15)13-3-2-4-13/h7-8H,2-6H2,1H3. The van der Waals surface area contributed by atoms with Gasteiger partial charge in [0.1, 0.15) is 6.26 Å². The first-order chi connectivity index (χ1) is 8.95. The topological polar surface area (TPSA) is 83.7 Å². The van der Waals surface area contributed by atoms with Gasteiger partial charge in [-0.25, -0.2) is 8.42 Å². The lowest BCUT2D eigenvalue weighted by Gasteiger charge is -2.36. The Labute approximate surface area is 111 Å². The van der Waals surface area contributed by atoms with E-state index in [2.05, 4.69) is 4.98 Å². The highest BCUT2D eigenvalue weighted by atomic mass is 32.2. The summed E-state index contributed by atoms with van der Waals surface area (Å²) in [5.41, 5.74) is 0.289. The Hall–Kier alpha value is -1.57. The molecule has 0 aliphatic carbocycles. The summed E-state index contributed by atoms with van der Waals surface area (Å²) in [5.74, 6) is -0.124. The van der Waals surface area contributed by atoms with Crippen molar-refractivity contribution in [1.82, 2.24) is 9.88 Å². The number of likely N-dealkylation sites (tertiary alicyclic amines) is 1. The van der Waals surface area contributed by atoms with Crippen LogP contribution in [0.5, 0.6) is 0 Å². The number of oxazole rings is 1. The Balaban J connectivity index is 1.65. The van der Waals surface area contributed by atoms with E-state index in [0.717, 1.165) is 19.5 Å². The predicted octanol–water partition coefficient (Wildman–Crippen LogP) is -0.246. The quantitative estimate of drug-likeness (QED) is 0.761. The number of carbonyl (C=O) groups is 1. The van der Waals surface area contributed by atoms with Crippen LogP contribution in [-0.4, -0.2) is 61.9 Å². The van der Waals surface area contributed by atoms with Crippen molar-refractivity contribution in [2.24, 2.45) is 0 Å². The van der Waals surface area contributed by atoms with Gasteiger partial charge in [0.15, 0.2) is 15.5 Å². The maximum absolute atomic E-state index is 11.9. The summed E-state index contributed by atoms with van der Waals surface area (Å²) in [6.45, 7) is 2.27. The third-order valence-corrected chi connectivity index (χ3v) is 5.09. The van der Waals surface area contributed by atoms with Gasteiger partial charge in [-0.1, -0.05) is 0 Å². The van der Waals surface area contributed by atoms with Gasteiger partial charge in [0.2, 0.25) is 0 Å². The van der Waals surface area contributed by atoms with E-state index < -0.39 is 9.84 Å². The van der Waals surface area contributed by atoms with E-state index in [1.165, 1.54) is 12.5 Å². The summed E-state index contributed by atoms with van der Waals surface area (Å²) in [6.07, 6.45) is 3.59. The van der Waals surface area contributed by atoms with Gasteiger partial charge < -0.3 is 14.2 Å². The normalized spacial score (nSPS) is 20.1. The molecule has 2 aliphatic rings. The Morgan fingerprint density at radius 2 is 2.11 bits per heavy atom. The molecular weight excluding hydrogens is 270 g/mol. The van der Waals surface area contributed by atoms with Crippen LogP contribution in [0.25, 0.3) is 0 Å². The van der Waals surface area contributed by atoms with Gasteiger partial charge >= 0.3 is 0 Å². The lowest BCUT2D eigenvalue weighted by Crippen LogP contribution is -2.54. The molecule has 1 aromatic heterocycles. The van der Waals surface area contributed by atoms with Gasteiger partial charge in [-0.05, 0) is 6.42 Å². The van der Waals surface area contributed by atoms with E-state index in [9.17, 15) is 13.2 Å². The van der Waals surface area contributed by atoms with Crippen molar-refractivity contribution >= 4 is 21.8 Å². The highest BCUT2D eigenvalue weighted by molar-refractivity contribution is 7.91. The van der Waals surface area contributed by atoms with Crippen LogP contribution in [-0.2, 0) is 9.84 Å². The van der Waals surface area contributed by atoms with Crippen LogP contribution in [0.2, 0.25) is 0 Å². The zero-order chi connectivity index (χ0) is 13.6. The maximum Gasteiger partial charge on any atom is 0.298 e. The minimum atomic E-state index is -3.01. The average molecular weight is 285 g/mol. The minimum Gasteiger partial charge on any atom is -0.431 e. The number of sulfone groups is 1. The lowest BCUT2D eigenvalue weighted by atomic mass is 10.2. The summed E-state index contributed by atoms with van der Waals surface area (Å²) >= 11 is 0. The smallest absolute Gasteiger partial charge is 0.298 e. The Morgan fingerprint density at radius 3 is 2.63 bits per heavy atom. The summed E-state index contributed by atoms with van der Waals surface area (Å²) in [4.78, 5) is 19.4. The van der Waals surface area contributed by atoms with E-state index in [1.54, 1.807) is 9.80 Å². The van der Waals surface area contributed by atoms with Gasteiger partial charge in [0, 0.05) is 32.4 Å². The molecule has 0 aromatic carbocycles. The monoisotopic (exact) mass is 285 g/mol. The van der Waals surface area contributed by atoms with Crippen LogP contribution in [0.3, 0.4) is 0 Å². The summed E-state index contributed by atoms with van der Waals surface area (Å²) in [6, 6.07) is 0.323. The number of hydrogen-bond donors (Lipinski definition) is 0. The van der Waals surface area contributed by atoms with Crippen molar-refractivity contribution in [2.75, 3.05) is 37.3 Å². The van der Waals surface area contributed by atoms with Gasteiger partial charge in [0.05, 0.1) is 5.25 Å². The zero-order valence-corrected chi connectivity index (χ0v) is 11.4. The Bertz CT molecular complexity index is 599. The number of carbonyl (C=O) groups excluding carboxylic acids is 1. The number of amides is 1. The first-order valence-electron chi connectivity index (χ1n) is 6.14. The van der Waals surface area contributed by atoms with E-state index in [0.29, 0.717) is 19.1 Å². The Morgan fingerprint density at radius 1 is 1.42 bits per heavy atom. The second kappa shape index (κ2) is 4.22. The van der Waals surface area contributed by atoms with Gasteiger partial charge in [-0.3, -0.25) is 4.79 Å². The molecule has 3 rings (SSSR count). The maximum atomic E-state index is 11.9. The van der Waals surface area contributed by atoms with Crippen LogP contribution < -0.4 is 4.90 Å². The zero-order valence-electron chi connectivity index (χ0n) is 10.6. The predicted molar refractivity (Wildman–Crippen MR) is 67.9 cm³/mol. The third kappa shape index (κ3) is 2.20. The first-order valence-corrected chi connectivity index (χ1v) is 8.09. The van der Waals surface area contributed by atoms with Crippen molar-refractivity contribution in [3.63, 3.8) is 0 Å². The molecule has 2 fully saturated rings. The third-order valence-electron chi connectivity index (χ3n) is 3.58. The van der Waals surface area contributed by atoms with Crippen LogP contribution >= 0.6 is 0 Å². The van der Waals surface area contributed by atoms with E-state index in [1.807, 2.05) is 0 Å². The van der Waals surface area contributed by atoms with Gasteiger partial charge in [-0.15, -0.1) is 0 Å². The van der Waals surface area contributed by atoms with Crippen molar-refractivity contribution in [1.29, 1.82) is 0 Å². The molecular formula is C11H15N3O4S. The van der Waals surface area contributed by atoms with Crippen LogP contribution in [0.1, 0.15) is 16.9 Å². The first kappa shape index (κ1) is 12.5. The fourth-order valence-electron chi connectivity index (χ4n) is 2.05. The Kier molecular flexibility index (Phi) is 2.77.